The standard InChI is InChI=1S/C25H22O4/c1-15(16-8-9-18-13-20(28-2)11-10-17(18)12-16)23-21-7-5-4-6-19(21)14-22(24(23)26)25(27)29-3/h4-15,26H,1-3H3. The maximum Gasteiger partial charge on any atom is 0.341 e. The van der Waals surface area contributed by atoms with Gasteiger partial charge in [-0.15, -0.1) is 0 Å². The molecule has 0 spiro atoms. The van der Waals surface area contributed by atoms with Crippen molar-refractivity contribution in [3.8, 4) is 11.5 Å². The third kappa shape index (κ3) is 3.27. The Labute approximate surface area is 169 Å². The first-order chi connectivity index (χ1) is 14.0. The smallest absolute Gasteiger partial charge is 0.341 e. The van der Waals surface area contributed by atoms with Gasteiger partial charge >= 0.3 is 5.97 Å². The van der Waals surface area contributed by atoms with Gasteiger partial charge in [-0.05, 0) is 45.3 Å². The highest BCUT2D eigenvalue weighted by molar-refractivity contribution is 6.01. The summed E-state index contributed by atoms with van der Waals surface area (Å²) in [7, 11) is 2.97. The molecular weight excluding hydrogens is 364 g/mol. The predicted octanol–water partition coefficient (Wildman–Crippen LogP) is 5.65. The Morgan fingerprint density at radius 1 is 0.897 bits per heavy atom. The van der Waals surface area contributed by atoms with Gasteiger partial charge in [0.1, 0.15) is 17.1 Å². The van der Waals surface area contributed by atoms with Crippen molar-refractivity contribution < 1.29 is 19.4 Å². The van der Waals surface area contributed by atoms with E-state index in [2.05, 4.69) is 6.07 Å². The number of hydrogen-bond donors (Lipinski definition) is 1. The molecule has 29 heavy (non-hydrogen) atoms. The maximum absolute atomic E-state index is 12.2. The number of carbonyl (C=O) groups excluding carboxylic acids is 1. The lowest BCUT2D eigenvalue weighted by molar-refractivity contribution is 0.0597. The average Bonchev–Trinajstić information content (AvgIpc) is 2.77. The highest BCUT2D eigenvalue weighted by Crippen LogP contribution is 2.40. The van der Waals surface area contributed by atoms with E-state index in [1.165, 1.54) is 7.11 Å². The molecule has 0 fully saturated rings. The molecule has 0 aliphatic carbocycles. The van der Waals surface area contributed by atoms with Crippen molar-refractivity contribution in [1.29, 1.82) is 0 Å². The van der Waals surface area contributed by atoms with E-state index in [4.69, 9.17) is 9.47 Å². The summed E-state index contributed by atoms with van der Waals surface area (Å²) in [5.41, 5.74) is 1.94. The Morgan fingerprint density at radius 2 is 1.62 bits per heavy atom. The van der Waals surface area contributed by atoms with Crippen molar-refractivity contribution in [2.24, 2.45) is 0 Å². The van der Waals surface area contributed by atoms with E-state index < -0.39 is 5.97 Å². The van der Waals surface area contributed by atoms with Crippen LogP contribution in [0.5, 0.6) is 11.5 Å². The van der Waals surface area contributed by atoms with Crippen LogP contribution in [0, 0.1) is 0 Å². The van der Waals surface area contributed by atoms with Crippen molar-refractivity contribution in [3.63, 3.8) is 0 Å². The first kappa shape index (κ1) is 18.8. The second kappa shape index (κ2) is 7.47. The Hall–Kier alpha value is -3.53. The summed E-state index contributed by atoms with van der Waals surface area (Å²) in [6.45, 7) is 2.03. The van der Waals surface area contributed by atoms with Gasteiger partial charge in [0.2, 0.25) is 0 Å². The summed E-state index contributed by atoms with van der Waals surface area (Å²) < 4.78 is 10.2. The minimum Gasteiger partial charge on any atom is -0.507 e. The fourth-order valence-corrected chi connectivity index (χ4v) is 3.87. The third-order valence-electron chi connectivity index (χ3n) is 5.47. The van der Waals surface area contributed by atoms with Crippen LogP contribution in [0.2, 0.25) is 0 Å². The van der Waals surface area contributed by atoms with Crippen LogP contribution in [0.3, 0.4) is 0 Å². The Bertz CT molecular complexity index is 1230. The first-order valence-electron chi connectivity index (χ1n) is 9.44. The molecule has 0 radical (unpaired) electrons. The molecule has 4 nitrogen and oxygen atoms in total. The largest absolute Gasteiger partial charge is 0.507 e. The maximum atomic E-state index is 12.2. The van der Waals surface area contributed by atoms with Gasteiger partial charge in [0, 0.05) is 11.5 Å². The molecular formula is C25H22O4. The lowest BCUT2D eigenvalue weighted by Gasteiger charge is -2.19. The number of methoxy groups -OCH3 is 2. The molecule has 1 unspecified atom stereocenters. The summed E-state index contributed by atoms with van der Waals surface area (Å²) in [6.07, 6.45) is 0. The lowest BCUT2D eigenvalue weighted by Crippen LogP contribution is -2.06. The molecule has 0 saturated carbocycles. The Kier molecular flexibility index (Phi) is 4.85. The van der Waals surface area contributed by atoms with Gasteiger partial charge in [0.25, 0.3) is 0 Å². The molecule has 1 atom stereocenters. The fraction of sp³-hybridized carbons (Fsp3) is 0.160. The summed E-state index contributed by atoms with van der Waals surface area (Å²) >= 11 is 0. The number of phenols is 1. The molecule has 4 aromatic rings. The fourth-order valence-electron chi connectivity index (χ4n) is 3.87. The molecule has 0 aliphatic heterocycles. The zero-order valence-corrected chi connectivity index (χ0v) is 16.6. The third-order valence-corrected chi connectivity index (χ3v) is 5.47. The van der Waals surface area contributed by atoms with Gasteiger partial charge in [-0.3, -0.25) is 0 Å². The Balaban J connectivity index is 1.90. The molecule has 4 rings (SSSR count). The number of esters is 1. The molecule has 4 heteroatoms. The van der Waals surface area contributed by atoms with Gasteiger partial charge < -0.3 is 14.6 Å². The van der Waals surface area contributed by atoms with E-state index in [0.717, 1.165) is 38.4 Å². The van der Waals surface area contributed by atoms with Crippen LogP contribution < -0.4 is 4.74 Å². The van der Waals surface area contributed by atoms with Crippen LogP contribution in [-0.4, -0.2) is 25.3 Å². The minimum atomic E-state index is -0.549. The van der Waals surface area contributed by atoms with Crippen LogP contribution >= 0.6 is 0 Å². The van der Waals surface area contributed by atoms with Crippen LogP contribution in [0.15, 0.2) is 66.7 Å². The second-order valence-corrected chi connectivity index (χ2v) is 7.09. The molecule has 4 aromatic carbocycles. The highest BCUT2D eigenvalue weighted by atomic mass is 16.5. The van der Waals surface area contributed by atoms with Crippen molar-refractivity contribution in [1.82, 2.24) is 0 Å². The van der Waals surface area contributed by atoms with E-state index >= 15 is 0 Å². The van der Waals surface area contributed by atoms with Gasteiger partial charge in [-0.1, -0.05) is 55.5 Å². The molecule has 1 N–H and O–H groups in total. The molecule has 146 valence electrons. The SMILES string of the molecule is COC(=O)c1cc2ccccc2c(C(C)c2ccc3cc(OC)ccc3c2)c1O. The van der Waals surface area contributed by atoms with E-state index in [1.54, 1.807) is 13.2 Å². The highest BCUT2D eigenvalue weighted by Gasteiger charge is 2.23. The lowest BCUT2D eigenvalue weighted by atomic mass is 9.86. The van der Waals surface area contributed by atoms with E-state index in [1.807, 2.05) is 61.5 Å². The summed E-state index contributed by atoms with van der Waals surface area (Å²) in [5, 5.41) is 15.0. The second-order valence-electron chi connectivity index (χ2n) is 7.09. The monoisotopic (exact) mass is 386 g/mol. The number of ether oxygens (including phenoxy) is 2. The number of aromatic hydroxyl groups is 1. The summed E-state index contributed by atoms with van der Waals surface area (Å²) in [4.78, 5) is 12.2. The number of hydrogen-bond acceptors (Lipinski definition) is 4. The van der Waals surface area contributed by atoms with E-state index in [-0.39, 0.29) is 17.2 Å². The molecule has 0 amide bonds. The molecule has 0 aromatic heterocycles. The number of rotatable bonds is 4. The zero-order valence-electron chi connectivity index (χ0n) is 16.6. The van der Waals surface area contributed by atoms with Crippen molar-refractivity contribution in [2.45, 2.75) is 12.8 Å². The van der Waals surface area contributed by atoms with Crippen LogP contribution in [0.25, 0.3) is 21.5 Å². The van der Waals surface area contributed by atoms with Crippen molar-refractivity contribution in [2.75, 3.05) is 14.2 Å². The van der Waals surface area contributed by atoms with E-state index in [9.17, 15) is 9.90 Å². The van der Waals surface area contributed by atoms with Gasteiger partial charge in [-0.25, -0.2) is 4.79 Å². The summed E-state index contributed by atoms with van der Waals surface area (Å²) in [6, 6.07) is 21.6. The van der Waals surface area contributed by atoms with Gasteiger partial charge in [-0.2, -0.15) is 0 Å². The predicted molar refractivity (Wildman–Crippen MR) is 115 cm³/mol. The molecule has 0 heterocycles. The number of fused-ring (bicyclic) bond motifs is 2. The zero-order chi connectivity index (χ0) is 20.5. The first-order valence-corrected chi connectivity index (χ1v) is 9.44. The van der Waals surface area contributed by atoms with Gasteiger partial charge in [0.15, 0.2) is 0 Å². The van der Waals surface area contributed by atoms with Crippen LogP contribution in [0.4, 0.5) is 0 Å². The Morgan fingerprint density at radius 3 is 2.38 bits per heavy atom. The number of carbonyl (C=O) groups is 1. The number of benzene rings is 4. The summed E-state index contributed by atoms with van der Waals surface area (Å²) in [5.74, 6) is 0.105. The molecule has 0 saturated heterocycles. The topological polar surface area (TPSA) is 55.8 Å². The molecule has 0 aliphatic rings. The van der Waals surface area contributed by atoms with Crippen molar-refractivity contribution >= 4 is 27.5 Å². The van der Waals surface area contributed by atoms with E-state index in [0.29, 0.717) is 0 Å². The average molecular weight is 386 g/mol. The quantitative estimate of drug-likeness (QED) is 0.461. The van der Waals surface area contributed by atoms with Crippen LogP contribution in [-0.2, 0) is 4.74 Å². The van der Waals surface area contributed by atoms with Crippen molar-refractivity contribution in [3.05, 3.63) is 83.4 Å². The van der Waals surface area contributed by atoms with Gasteiger partial charge in [0.05, 0.1) is 14.2 Å². The normalized spacial score (nSPS) is 12.1. The molecule has 0 bridgehead atoms. The number of phenolic OH excluding ortho intramolecular Hbond substituents is 1. The minimum absolute atomic E-state index is 0.0297. The van der Waals surface area contributed by atoms with Crippen LogP contribution in [0.1, 0.15) is 34.3 Å².